The van der Waals surface area contributed by atoms with E-state index in [0.717, 1.165) is 22.6 Å². The molecule has 0 spiro atoms. The van der Waals surface area contributed by atoms with Gasteiger partial charge >= 0.3 is 0 Å². The van der Waals surface area contributed by atoms with E-state index in [1.807, 2.05) is 41.6 Å². The van der Waals surface area contributed by atoms with Crippen LogP contribution in [-0.2, 0) is 0 Å². The zero-order valence-electron chi connectivity index (χ0n) is 13.5. The summed E-state index contributed by atoms with van der Waals surface area (Å²) in [6.07, 6.45) is 0. The second-order valence-corrected chi connectivity index (χ2v) is 6.29. The molecule has 4 rings (SSSR count). The van der Waals surface area contributed by atoms with Gasteiger partial charge in [0.25, 0.3) is 5.91 Å². The lowest BCUT2D eigenvalue weighted by molar-refractivity contribution is 0.0492. The van der Waals surface area contributed by atoms with Gasteiger partial charge in [-0.3, -0.25) is 4.79 Å². The SMILES string of the molecule is Cc1ccc2[nH]c(C(=O)N3CC(n4nc(C)nc4C)C3)cc2c1. The number of hydrogen-bond donors (Lipinski definition) is 1. The summed E-state index contributed by atoms with van der Waals surface area (Å²) in [5.74, 6) is 1.73. The number of aryl methyl sites for hydroxylation is 3. The zero-order valence-corrected chi connectivity index (χ0v) is 13.5. The number of nitrogens with zero attached hydrogens (tertiary/aromatic N) is 4. The Morgan fingerprint density at radius 3 is 2.70 bits per heavy atom. The smallest absolute Gasteiger partial charge is 0.270 e. The molecule has 1 aromatic carbocycles. The van der Waals surface area contributed by atoms with Crippen LogP contribution in [0.15, 0.2) is 24.3 Å². The largest absolute Gasteiger partial charge is 0.351 e. The number of benzene rings is 1. The first-order chi connectivity index (χ1) is 11.0. The van der Waals surface area contributed by atoms with Crippen LogP contribution in [0, 0.1) is 20.8 Å². The van der Waals surface area contributed by atoms with E-state index >= 15 is 0 Å². The fourth-order valence-corrected chi connectivity index (χ4v) is 3.20. The summed E-state index contributed by atoms with van der Waals surface area (Å²) in [6.45, 7) is 7.24. The maximum Gasteiger partial charge on any atom is 0.270 e. The average Bonchev–Trinajstić information content (AvgIpc) is 3.00. The number of amides is 1. The number of rotatable bonds is 2. The molecule has 1 amide bonds. The third-order valence-electron chi connectivity index (χ3n) is 4.41. The zero-order chi connectivity index (χ0) is 16.1. The molecule has 0 aliphatic carbocycles. The van der Waals surface area contributed by atoms with Crippen molar-refractivity contribution in [3.05, 3.63) is 47.2 Å². The van der Waals surface area contributed by atoms with E-state index in [2.05, 4.69) is 28.1 Å². The molecular formula is C17H19N5O. The predicted molar refractivity (Wildman–Crippen MR) is 87.5 cm³/mol. The molecule has 0 bridgehead atoms. The van der Waals surface area contributed by atoms with Gasteiger partial charge in [0.05, 0.1) is 6.04 Å². The lowest BCUT2D eigenvalue weighted by Gasteiger charge is -2.39. The van der Waals surface area contributed by atoms with Crippen LogP contribution in [-0.4, -0.2) is 43.6 Å². The molecule has 0 radical (unpaired) electrons. The third-order valence-corrected chi connectivity index (χ3v) is 4.41. The minimum Gasteiger partial charge on any atom is -0.351 e. The van der Waals surface area contributed by atoms with Crippen molar-refractivity contribution >= 4 is 16.8 Å². The normalized spacial score (nSPS) is 15.2. The summed E-state index contributed by atoms with van der Waals surface area (Å²) >= 11 is 0. The van der Waals surface area contributed by atoms with Crippen molar-refractivity contribution in [2.45, 2.75) is 26.8 Å². The highest BCUT2D eigenvalue weighted by Gasteiger charge is 2.34. The van der Waals surface area contributed by atoms with E-state index in [9.17, 15) is 4.79 Å². The molecule has 1 N–H and O–H groups in total. The summed E-state index contributed by atoms with van der Waals surface area (Å²) in [5, 5.41) is 5.48. The van der Waals surface area contributed by atoms with E-state index in [4.69, 9.17) is 0 Å². The summed E-state index contributed by atoms with van der Waals surface area (Å²) in [6, 6.07) is 8.31. The van der Waals surface area contributed by atoms with Crippen molar-refractivity contribution in [3.63, 3.8) is 0 Å². The number of aromatic amines is 1. The van der Waals surface area contributed by atoms with E-state index in [1.165, 1.54) is 5.56 Å². The number of H-pyrrole nitrogens is 1. The van der Waals surface area contributed by atoms with Crippen LogP contribution < -0.4 is 0 Å². The number of likely N-dealkylation sites (tertiary alicyclic amines) is 1. The number of carbonyl (C=O) groups is 1. The van der Waals surface area contributed by atoms with Gasteiger partial charge < -0.3 is 9.88 Å². The lowest BCUT2D eigenvalue weighted by Crippen LogP contribution is -2.51. The Morgan fingerprint density at radius 1 is 1.22 bits per heavy atom. The fourth-order valence-electron chi connectivity index (χ4n) is 3.20. The van der Waals surface area contributed by atoms with Gasteiger partial charge in [-0.25, -0.2) is 9.67 Å². The molecule has 1 aliphatic heterocycles. The monoisotopic (exact) mass is 309 g/mol. The number of fused-ring (bicyclic) bond motifs is 1. The number of hydrogen-bond acceptors (Lipinski definition) is 3. The van der Waals surface area contributed by atoms with E-state index < -0.39 is 0 Å². The molecule has 6 nitrogen and oxygen atoms in total. The van der Waals surface area contributed by atoms with Gasteiger partial charge in [0.2, 0.25) is 0 Å². The second-order valence-electron chi connectivity index (χ2n) is 6.29. The molecule has 0 atom stereocenters. The van der Waals surface area contributed by atoms with Crippen molar-refractivity contribution in [3.8, 4) is 0 Å². The summed E-state index contributed by atoms with van der Waals surface area (Å²) in [5.41, 5.74) is 2.84. The molecule has 1 fully saturated rings. The van der Waals surface area contributed by atoms with Gasteiger partial charge in [-0.15, -0.1) is 0 Å². The van der Waals surface area contributed by atoms with Crippen LogP contribution in [0.3, 0.4) is 0 Å². The van der Waals surface area contributed by atoms with Crippen LogP contribution in [0.1, 0.15) is 33.7 Å². The minimum absolute atomic E-state index is 0.0459. The van der Waals surface area contributed by atoms with Crippen molar-refractivity contribution < 1.29 is 4.79 Å². The van der Waals surface area contributed by atoms with Gasteiger partial charge in [0.1, 0.15) is 17.3 Å². The van der Waals surface area contributed by atoms with E-state index in [-0.39, 0.29) is 11.9 Å². The van der Waals surface area contributed by atoms with Gasteiger partial charge in [-0.2, -0.15) is 5.10 Å². The van der Waals surface area contributed by atoms with Crippen molar-refractivity contribution in [1.82, 2.24) is 24.6 Å². The summed E-state index contributed by atoms with van der Waals surface area (Å²) in [7, 11) is 0. The van der Waals surface area contributed by atoms with Crippen LogP contribution in [0.4, 0.5) is 0 Å². The molecule has 3 heterocycles. The molecule has 118 valence electrons. The summed E-state index contributed by atoms with van der Waals surface area (Å²) in [4.78, 5) is 22.0. The Labute approximate surface area is 134 Å². The van der Waals surface area contributed by atoms with Crippen molar-refractivity contribution in [1.29, 1.82) is 0 Å². The van der Waals surface area contributed by atoms with Crippen LogP contribution in [0.2, 0.25) is 0 Å². The first-order valence-corrected chi connectivity index (χ1v) is 7.79. The first kappa shape index (κ1) is 14.0. The Bertz CT molecular complexity index is 901. The Morgan fingerprint density at radius 2 is 2.00 bits per heavy atom. The highest BCUT2D eigenvalue weighted by Crippen LogP contribution is 2.25. The van der Waals surface area contributed by atoms with E-state index in [1.54, 1.807) is 0 Å². The van der Waals surface area contributed by atoms with Crippen molar-refractivity contribution in [2.75, 3.05) is 13.1 Å². The Balaban J connectivity index is 1.51. The van der Waals surface area contributed by atoms with Gasteiger partial charge in [-0.05, 0) is 39.0 Å². The number of carbonyl (C=O) groups excluding carboxylic acids is 1. The molecule has 1 aliphatic rings. The van der Waals surface area contributed by atoms with Crippen LogP contribution in [0.25, 0.3) is 10.9 Å². The Hall–Kier alpha value is -2.63. The van der Waals surface area contributed by atoms with Gasteiger partial charge in [0.15, 0.2) is 0 Å². The quantitative estimate of drug-likeness (QED) is 0.790. The van der Waals surface area contributed by atoms with E-state index in [0.29, 0.717) is 18.8 Å². The second kappa shape index (κ2) is 4.94. The molecule has 23 heavy (non-hydrogen) atoms. The molecule has 0 unspecified atom stereocenters. The fraction of sp³-hybridized carbons (Fsp3) is 0.353. The topological polar surface area (TPSA) is 66.8 Å². The highest BCUT2D eigenvalue weighted by atomic mass is 16.2. The maximum atomic E-state index is 12.6. The molecule has 3 aromatic rings. The Kier molecular flexibility index (Phi) is 3.01. The number of aromatic nitrogens is 4. The molecule has 1 saturated heterocycles. The molecular weight excluding hydrogens is 290 g/mol. The molecule has 6 heteroatoms. The third kappa shape index (κ3) is 2.30. The van der Waals surface area contributed by atoms with Gasteiger partial charge in [-0.1, -0.05) is 11.6 Å². The van der Waals surface area contributed by atoms with Crippen LogP contribution >= 0.6 is 0 Å². The predicted octanol–water partition coefficient (Wildman–Crippen LogP) is 2.38. The molecule has 2 aromatic heterocycles. The lowest BCUT2D eigenvalue weighted by atomic mass is 10.1. The minimum atomic E-state index is 0.0459. The van der Waals surface area contributed by atoms with Gasteiger partial charge in [0, 0.05) is 24.0 Å². The standard InChI is InChI=1S/C17H19N5O/c1-10-4-5-15-13(6-10)7-16(19-15)17(23)21-8-14(9-21)22-12(3)18-11(2)20-22/h4-7,14,19H,8-9H2,1-3H3. The maximum absolute atomic E-state index is 12.6. The van der Waals surface area contributed by atoms with Crippen LogP contribution in [0.5, 0.6) is 0 Å². The number of nitrogens with one attached hydrogen (secondary N) is 1. The molecule has 0 saturated carbocycles. The van der Waals surface area contributed by atoms with Crippen molar-refractivity contribution in [2.24, 2.45) is 0 Å². The highest BCUT2D eigenvalue weighted by molar-refractivity contribution is 5.98. The summed E-state index contributed by atoms with van der Waals surface area (Å²) < 4.78 is 1.92. The first-order valence-electron chi connectivity index (χ1n) is 7.79. The average molecular weight is 309 g/mol.